The normalized spacial score (nSPS) is 12.3. The first-order valence-electron chi connectivity index (χ1n) is 10.9. The van der Waals surface area contributed by atoms with E-state index in [0.29, 0.717) is 5.56 Å². The highest BCUT2D eigenvalue weighted by atomic mass is 19.4. The fourth-order valence-electron chi connectivity index (χ4n) is 3.71. The topological polar surface area (TPSA) is 52.6 Å². The molecule has 0 unspecified atom stereocenters. The number of carbonyl (C=O) groups is 2. The maximum Gasteiger partial charge on any atom is 0.419 e. The van der Waals surface area contributed by atoms with Gasteiger partial charge in [0, 0.05) is 11.0 Å². The monoisotopic (exact) mass is 524 g/mol. The highest BCUT2D eigenvalue weighted by Crippen LogP contribution is 2.43. The Bertz CT molecular complexity index is 1320. The van der Waals surface area contributed by atoms with E-state index >= 15 is 0 Å². The second kappa shape index (κ2) is 9.91. The zero-order chi connectivity index (χ0) is 27.8. The van der Waals surface area contributed by atoms with E-state index in [2.05, 4.69) is 0 Å². The highest BCUT2D eigenvalue weighted by molar-refractivity contribution is 5.96. The number of methoxy groups -OCH3 is 1. The first-order chi connectivity index (χ1) is 17.1. The Kier molecular flexibility index (Phi) is 7.44. The molecule has 0 N–H and O–H groups in total. The minimum atomic E-state index is -4.93. The van der Waals surface area contributed by atoms with Crippen molar-refractivity contribution in [1.29, 1.82) is 0 Å². The van der Waals surface area contributed by atoms with E-state index in [1.165, 1.54) is 57.2 Å². The van der Waals surface area contributed by atoms with Crippen LogP contribution in [0.15, 0.2) is 60.7 Å². The second-order valence-corrected chi connectivity index (χ2v) is 8.77. The predicted octanol–water partition coefficient (Wildman–Crippen LogP) is 7.48. The number of benzene rings is 3. The molecule has 37 heavy (non-hydrogen) atoms. The fourth-order valence-corrected chi connectivity index (χ4v) is 3.71. The van der Waals surface area contributed by atoms with Crippen LogP contribution in [0.1, 0.15) is 63.7 Å². The molecule has 0 saturated heterocycles. The van der Waals surface area contributed by atoms with Gasteiger partial charge in [0.1, 0.15) is 11.5 Å². The lowest BCUT2D eigenvalue weighted by Crippen LogP contribution is -2.22. The van der Waals surface area contributed by atoms with Crippen molar-refractivity contribution in [3.8, 4) is 11.5 Å². The van der Waals surface area contributed by atoms with Crippen LogP contribution in [0.5, 0.6) is 11.5 Å². The number of esters is 1. The number of alkyl halides is 6. The molecule has 0 radical (unpaired) electrons. The Hall–Kier alpha value is -3.82. The molecule has 4 nitrogen and oxygen atoms in total. The van der Waals surface area contributed by atoms with E-state index in [1.807, 2.05) is 0 Å². The van der Waals surface area contributed by atoms with E-state index in [0.717, 1.165) is 31.4 Å². The zero-order valence-corrected chi connectivity index (χ0v) is 20.2. The Labute approximate surface area is 208 Å². The molecule has 0 fully saturated rings. The summed E-state index contributed by atoms with van der Waals surface area (Å²) in [5, 5.41) is 0. The summed E-state index contributed by atoms with van der Waals surface area (Å²) in [4.78, 5) is 23.9. The fraction of sp³-hybridized carbons (Fsp3) is 0.259. The van der Waals surface area contributed by atoms with Crippen molar-refractivity contribution in [2.75, 3.05) is 7.11 Å². The summed E-state index contributed by atoms with van der Waals surface area (Å²) in [5.41, 5.74) is -3.23. The SMILES string of the molecule is COc1ccc(C(C)(C)c2ccc(OC(=O)c3ccc(C(C)=O)cc3)c(C(F)(F)F)c2)cc1C(F)(F)F. The van der Waals surface area contributed by atoms with Crippen molar-refractivity contribution in [2.24, 2.45) is 0 Å². The summed E-state index contributed by atoms with van der Waals surface area (Å²) in [6, 6.07) is 11.5. The van der Waals surface area contributed by atoms with Crippen LogP contribution >= 0.6 is 0 Å². The quantitative estimate of drug-likeness (QED) is 0.145. The van der Waals surface area contributed by atoms with Gasteiger partial charge in [-0.05, 0) is 54.4 Å². The standard InChI is InChI=1S/C27H22F6O4/c1-15(34)16-5-7-17(8-6-16)24(35)37-23-12-10-19(14-21(23)27(31,32)33)25(2,3)18-9-11-22(36-4)20(13-18)26(28,29)30/h5-14H,1-4H3. The van der Waals surface area contributed by atoms with E-state index in [1.54, 1.807) is 0 Å². The summed E-state index contributed by atoms with van der Waals surface area (Å²) in [6.07, 6.45) is -9.67. The molecule has 3 aromatic carbocycles. The van der Waals surface area contributed by atoms with Crippen molar-refractivity contribution < 1.29 is 45.4 Å². The molecule has 0 aromatic heterocycles. The third-order valence-electron chi connectivity index (χ3n) is 5.96. The number of ketones is 1. The van der Waals surface area contributed by atoms with Crippen LogP contribution in [0, 0.1) is 0 Å². The van der Waals surface area contributed by atoms with Crippen molar-refractivity contribution in [3.05, 3.63) is 94.0 Å². The van der Waals surface area contributed by atoms with Gasteiger partial charge in [0.05, 0.1) is 23.8 Å². The van der Waals surface area contributed by atoms with Crippen molar-refractivity contribution >= 4 is 11.8 Å². The van der Waals surface area contributed by atoms with Crippen LogP contribution in [0.2, 0.25) is 0 Å². The third kappa shape index (κ3) is 5.95. The summed E-state index contributed by atoms with van der Waals surface area (Å²) in [7, 11) is 1.09. The molecule has 0 bridgehead atoms. The molecule has 0 saturated carbocycles. The number of carbonyl (C=O) groups excluding carboxylic acids is 2. The molecule has 0 atom stereocenters. The third-order valence-corrected chi connectivity index (χ3v) is 5.96. The molecule has 3 aromatic rings. The van der Waals surface area contributed by atoms with E-state index in [-0.39, 0.29) is 22.5 Å². The Morgan fingerprint density at radius 1 is 0.676 bits per heavy atom. The molecule has 196 valence electrons. The molecule has 0 spiro atoms. The maximum atomic E-state index is 13.9. The maximum absolute atomic E-state index is 13.9. The van der Waals surface area contributed by atoms with Crippen LogP contribution in [-0.4, -0.2) is 18.9 Å². The van der Waals surface area contributed by atoms with Crippen molar-refractivity contribution in [1.82, 2.24) is 0 Å². The Morgan fingerprint density at radius 2 is 1.11 bits per heavy atom. The first kappa shape index (κ1) is 27.8. The van der Waals surface area contributed by atoms with Crippen LogP contribution in [0.3, 0.4) is 0 Å². The summed E-state index contributed by atoms with van der Waals surface area (Å²) in [5.74, 6) is -2.51. The van der Waals surface area contributed by atoms with Gasteiger partial charge >= 0.3 is 18.3 Å². The molecule has 3 rings (SSSR count). The van der Waals surface area contributed by atoms with Gasteiger partial charge in [0.15, 0.2) is 5.78 Å². The Morgan fingerprint density at radius 3 is 1.54 bits per heavy atom. The molecule has 0 aliphatic carbocycles. The molecule has 0 aliphatic rings. The van der Waals surface area contributed by atoms with Crippen molar-refractivity contribution in [3.63, 3.8) is 0 Å². The Balaban J connectivity index is 2.02. The van der Waals surface area contributed by atoms with E-state index in [9.17, 15) is 35.9 Å². The lowest BCUT2D eigenvalue weighted by molar-refractivity contribution is -0.139. The molecular weight excluding hydrogens is 502 g/mol. The first-order valence-corrected chi connectivity index (χ1v) is 10.9. The average Bonchev–Trinajstić information content (AvgIpc) is 2.82. The lowest BCUT2D eigenvalue weighted by atomic mass is 9.77. The van der Waals surface area contributed by atoms with Gasteiger partial charge < -0.3 is 9.47 Å². The van der Waals surface area contributed by atoms with Gasteiger partial charge in [-0.2, -0.15) is 26.3 Å². The van der Waals surface area contributed by atoms with Crippen LogP contribution in [0.4, 0.5) is 26.3 Å². The van der Waals surface area contributed by atoms with Gasteiger partial charge in [-0.15, -0.1) is 0 Å². The minimum absolute atomic E-state index is 0.0451. The van der Waals surface area contributed by atoms with Crippen molar-refractivity contribution in [2.45, 2.75) is 38.5 Å². The van der Waals surface area contributed by atoms with Gasteiger partial charge in [0.2, 0.25) is 0 Å². The summed E-state index contributed by atoms with van der Waals surface area (Å²) in [6.45, 7) is 4.28. The van der Waals surface area contributed by atoms with Gasteiger partial charge in [0.25, 0.3) is 0 Å². The van der Waals surface area contributed by atoms with E-state index < -0.39 is 46.4 Å². The molecular formula is C27H22F6O4. The number of halogens is 6. The molecule has 0 amide bonds. The molecule has 0 heterocycles. The number of rotatable bonds is 6. The van der Waals surface area contributed by atoms with Gasteiger partial charge in [-0.3, -0.25) is 4.79 Å². The number of hydrogen-bond donors (Lipinski definition) is 0. The lowest BCUT2D eigenvalue weighted by Gasteiger charge is -2.28. The highest BCUT2D eigenvalue weighted by Gasteiger charge is 2.39. The van der Waals surface area contributed by atoms with Gasteiger partial charge in [-0.1, -0.05) is 38.1 Å². The number of hydrogen-bond acceptors (Lipinski definition) is 4. The number of ether oxygens (including phenoxy) is 2. The largest absolute Gasteiger partial charge is 0.496 e. The predicted molar refractivity (Wildman–Crippen MR) is 123 cm³/mol. The van der Waals surface area contributed by atoms with E-state index in [4.69, 9.17) is 9.47 Å². The van der Waals surface area contributed by atoms with Gasteiger partial charge in [-0.25, -0.2) is 4.79 Å². The number of Topliss-reactive ketones (excluding diaryl/α,β-unsaturated/α-hetero) is 1. The summed E-state index contributed by atoms with van der Waals surface area (Å²) < 4.78 is 92.1. The second-order valence-electron chi connectivity index (χ2n) is 8.77. The van der Waals surface area contributed by atoms with Crippen LogP contribution in [0.25, 0.3) is 0 Å². The zero-order valence-electron chi connectivity index (χ0n) is 20.2. The van der Waals surface area contributed by atoms with Crippen LogP contribution in [-0.2, 0) is 17.8 Å². The minimum Gasteiger partial charge on any atom is -0.496 e. The summed E-state index contributed by atoms with van der Waals surface area (Å²) >= 11 is 0. The smallest absolute Gasteiger partial charge is 0.419 e. The molecule has 0 aliphatic heterocycles. The van der Waals surface area contributed by atoms with Crippen LogP contribution < -0.4 is 9.47 Å². The average molecular weight is 524 g/mol. The molecule has 10 heteroatoms.